The summed E-state index contributed by atoms with van der Waals surface area (Å²) in [6.45, 7) is 5.90. The molecule has 7 nitrogen and oxygen atoms in total. The molecule has 0 aliphatic heterocycles. The van der Waals surface area contributed by atoms with Crippen molar-refractivity contribution in [2.45, 2.75) is 37.8 Å². The zero-order valence-corrected chi connectivity index (χ0v) is 23.0. The average Bonchev–Trinajstić information content (AvgIpc) is 3.28. The van der Waals surface area contributed by atoms with Crippen LogP contribution in [0, 0.1) is 6.92 Å². The number of hydrogen-bond donors (Lipinski definition) is 0. The molecule has 3 aromatic carbocycles. The van der Waals surface area contributed by atoms with Crippen LogP contribution in [0.15, 0.2) is 87.2 Å². The van der Waals surface area contributed by atoms with E-state index in [1.54, 1.807) is 4.57 Å². The van der Waals surface area contributed by atoms with Crippen molar-refractivity contribution in [2.24, 2.45) is 0 Å². The van der Waals surface area contributed by atoms with Gasteiger partial charge in [-0.05, 0) is 81.4 Å². The SMILES string of the molecule is Cc1oc(-c2ccc(OC(C)C)cc2)nc1CSc1nc2ccccc2c(=O)n1-c1ccc(N(C)C)cc1. The van der Waals surface area contributed by atoms with E-state index < -0.39 is 0 Å². The van der Waals surface area contributed by atoms with Crippen molar-refractivity contribution >= 4 is 28.4 Å². The first-order valence-corrected chi connectivity index (χ1v) is 13.4. The van der Waals surface area contributed by atoms with E-state index in [9.17, 15) is 4.79 Å². The molecule has 0 N–H and O–H groups in total. The number of nitrogens with zero attached hydrogens (tertiary/aromatic N) is 4. The van der Waals surface area contributed by atoms with E-state index in [4.69, 9.17) is 19.1 Å². The number of ether oxygens (including phenoxy) is 1. The Hall–Kier alpha value is -4.04. The molecule has 0 spiro atoms. The van der Waals surface area contributed by atoms with Crippen LogP contribution in [0.1, 0.15) is 25.3 Å². The minimum Gasteiger partial charge on any atom is -0.491 e. The van der Waals surface area contributed by atoms with E-state index in [-0.39, 0.29) is 11.7 Å². The van der Waals surface area contributed by atoms with E-state index in [2.05, 4.69) is 0 Å². The average molecular weight is 527 g/mol. The molecule has 0 bridgehead atoms. The van der Waals surface area contributed by atoms with Gasteiger partial charge in [0.05, 0.1) is 28.4 Å². The van der Waals surface area contributed by atoms with Crippen molar-refractivity contribution in [3.05, 3.63) is 94.6 Å². The van der Waals surface area contributed by atoms with E-state index in [1.807, 2.05) is 113 Å². The summed E-state index contributed by atoms with van der Waals surface area (Å²) < 4.78 is 13.4. The largest absolute Gasteiger partial charge is 0.491 e. The van der Waals surface area contributed by atoms with Crippen LogP contribution >= 0.6 is 11.8 Å². The van der Waals surface area contributed by atoms with E-state index in [0.717, 1.165) is 34.1 Å². The zero-order valence-electron chi connectivity index (χ0n) is 22.1. The Balaban J connectivity index is 1.46. The molecule has 8 heteroatoms. The van der Waals surface area contributed by atoms with E-state index >= 15 is 0 Å². The lowest BCUT2D eigenvalue weighted by atomic mass is 10.2. The number of para-hydroxylation sites is 1. The maximum atomic E-state index is 13.6. The standard InChI is InChI=1S/C30H30N4O3S/c1-19(2)36-24-16-10-21(11-17-24)28-31-27(20(3)37-28)18-38-30-32-26-9-7-6-8-25(26)29(35)34(30)23-14-12-22(13-15-23)33(4)5/h6-17,19H,18H2,1-5H3. The fourth-order valence-electron chi connectivity index (χ4n) is 4.10. The van der Waals surface area contributed by atoms with Crippen molar-refractivity contribution in [1.29, 1.82) is 0 Å². The van der Waals surface area contributed by atoms with Gasteiger partial charge in [-0.25, -0.2) is 9.97 Å². The van der Waals surface area contributed by atoms with Gasteiger partial charge in [-0.1, -0.05) is 23.9 Å². The molecule has 5 aromatic rings. The van der Waals surface area contributed by atoms with Crippen LogP contribution in [0.25, 0.3) is 28.0 Å². The second-order valence-electron chi connectivity index (χ2n) is 9.46. The first kappa shape index (κ1) is 25.6. The Labute approximate surface area is 226 Å². The smallest absolute Gasteiger partial charge is 0.266 e. The molecule has 5 rings (SSSR count). The van der Waals surface area contributed by atoms with Crippen molar-refractivity contribution in [3.8, 4) is 22.9 Å². The summed E-state index contributed by atoms with van der Waals surface area (Å²) in [4.78, 5) is 25.2. The van der Waals surface area contributed by atoms with Crippen LogP contribution in [0.4, 0.5) is 5.69 Å². The number of hydrogen-bond acceptors (Lipinski definition) is 7. The minimum absolute atomic E-state index is 0.100. The number of aromatic nitrogens is 3. The molecule has 0 aliphatic rings. The van der Waals surface area contributed by atoms with Gasteiger partial charge in [-0.15, -0.1) is 0 Å². The summed E-state index contributed by atoms with van der Waals surface area (Å²) in [5, 5.41) is 1.18. The van der Waals surface area contributed by atoms with Crippen molar-refractivity contribution in [2.75, 3.05) is 19.0 Å². The molecule has 0 aliphatic carbocycles. The van der Waals surface area contributed by atoms with Crippen molar-refractivity contribution in [1.82, 2.24) is 14.5 Å². The highest BCUT2D eigenvalue weighted by Crippen LogP contribution is 2.29. The van der Waals surface area contributed by atoms with Gasteiger partial charge >= 0.3 is 0 Å². The van der Waals surface area contributed by atoms with Gasteiger partial charge in [0.25, 0.3) is 5.56 Å². The normalized spacial score (nSPS) is 11.3. The third-order valence-electron chi connectivity index (χ3n) is 6.07. The summed E-state index contributed by atoms with van der Waals surface area (Å²) in [6.07, 6.45) is 0.112. The summed E-state index contributed by atoms with van der Waals surface area (Å²) >= 11 is 1.47. The van der Waals surface area contributed by atoms with Gasteiger partial charge in [-0.2, -0.15) is 0 Å². The van der Waals surface area contributed by atoms with Crippen LogP contribution in [0.3, 0.4) is 0 Å². The van der Waals surface area contributed by atoms with Gasteiger partial charge in [0.15, 0.2) is 5.16 Å². The van der Waals surface area contributed by atoms with Gasteiger partial charge in [0, 0.05) is 31.1 Å². The van der Waals surface area contributed by atoms with Gasteiger partial charge < -0.3 is 14.1 Å². The second-order valence-corrected chi connectivity index (χ2v) is 10.4. The quantitative estimate of drug-likeness (QED) is 0.169. The predicted molar refractivity (Wildman–Crippen MR) is 154 cm³/mol. The summed E-state index contributed by atoms with van der Waals surface area (Å²) in [5.41, 5.74) is 4.08. The Kier molecular flexibility index (Phi) is 7.24. The second kappa shape index (κ2) is 10.8. The Morgan fingerprint density at radius 1 is 0.974 bits per heavy atom. The molecule has 0 fully saturated rings. The number of aryl methyl sites for hydroxylation is 1. The van der Waals surface area contributed by atoms with Gasteiger partial charge in [0.2, 0.25) is 5.89 Å². The summed E-state index contributed by atoms with van der Waals surface area (Å²) in [5.74, 6) is 2.60. The van der Waals surface area contributed by atoms with Crippen molar-refractivity contribution in [3.63, 3.8) is 0 Å². The fourth-order valence-corrected chi connectivity index (χ4v) is 5.12. The predicted octanol–water partition coefficient (Wildman–Crippen LogP) is 6.49. The number of fused-ring (bicyclic) bond motifs is 1. The Bertz CT molecular complexity index is 1620. The van der Waals surface area contributed by atoms with E-state index in [1.165, 1.54) is 11.8 Å². The molecular weight excluding hydrogens is 496 g/mol. The summed E-state index contributed by atoms with van der Waals surface area (Å²) in [6, 6.07) is 23.1. The molecule has 38 heavy (non-hydrogen) atoms. The highest BCUT2D eigenvalue weighted by atomic mass is 32.2. The first-order chi connectivity index (χ1) is 18.3. The molecule has 0 unspecified atom stereocenters. The molecule has 194 valence electrons. The molecule has 0 amide bonds. The zero-order chi connectivity index (χ0) is 26.8. The fraction of sp³-hybridized carbons (Fsp3) is 0.233. The maximum absolute atomic E-state index is 13.6. The monoisotopic (exact) mass is 526 g/mol. The highest BCUT2D eigenvalue weighted by Gasteiger charge is 2.17. The lowest BCUT2D eigenvalue weighted by Gasteiger charge is -2.16. The van der Waals surface area contributed by atoms with Crippen LogP contribution in [0.5, 0.6) is 5.75 Å². The molecule has 2 aromatic heterocycles. The molecule has 0 atom stereocenters. The van der Waals surface area contributed by atoms with Crippen LogP contribution in [0.2, 0.25) is 0 Å². The molecule has 0 saturated carbocycles. The van der Waals surface area contributed by atoms with Crippen molar-refractivity contribution < 1.29 is 9.15 Å². The maximum Gasteiger partial charge on any atom is 0.266 e. The van der Waals surface area contributed by atoms with Crippen LogP contribution in [-0.2, 0) is 5.75 Å². The minimum atomic E-state index is -0.100. The van der Waals surface area contributed by atoms with Crippen LogP contribution in [-0.4, -0.2) is 34.7 Å². The third-order valence-corrected chi connectivity index (χ3v) is 7.02. The number of anilines is 1. The number of benzene rings is 3. The van der Waals surface area contributed by atoms with E-state index in [0.29, 0.717) is 27.7 Å². The van der Waals surface area contributed by atoms with Crippen LogP contribution < -0.4 is 15.2 Å². The lowest BCUT2D eigenvalue weighted by molar-refractivity contribution is 0.242. The molecular formula is C30H30N4O3S. The Morgan fingerprint density at radius 2 is 1.68 bits per heavy atom. The number of rotatable bonds is 8. The van der Waals surface area contributed by atoms with Gasteiger partial charge in [-0.3, -0.25) is 9.36 Å². The Morgan fingerprint density at radius 3 is 2.37 bits per heavy atom. The van der Waals surface area contributed by atoms with Gasteiger partial charge in [0.1, 0.15) is 11.5 Å². The topological polar surface area (TPSA) is 73.4 Å². The number of oxazole rings is 1. The first-order valence-electron chi connectivity index (χ1n) is 12.5. The lowest BCUT2D eigenvalue weighted by Crippen LogP contribution is -2.22. The third kappa shape index (κ3) is 5.31. The number of thioether (sulfide) groups is 1. The molecule has 0 radical (unpaired) electrons. The molecule has 0 saturated heterocycles. The summed E-state index contributed by atoms with van der Waals surface area (Å²) in [7, 11) is 3.98. The highest BCUT2D eigenvalue weighted by molar-refractivity contribution is 7.98. The molecule has 2 heterocycles.